The number of hydrogen-bond donors (Lipinski definition) is 2. The largest absolute Gasteiger partial charge is 0.317 e. The topological polar surface area (TPSA) is 27.3 Å². The molecule has 1 heterocycles. The van der Waals surface area contributed by atoms with Crippen molar-refractivity contribution in [2.45, 2.75) is 53.0 Å². The smallest absolute Gasteiger partial charge is 0.0166 e. The maximum atomic E-state index is 3.59. The minimum Gasteiger partial charge on any atom is -0.317 e. The molecule has 0 radical (unpaired) electrons. The molecule has 0 aromatic rings. The van der Waals surface area contributed by atoms with Crippen LogP contribution in [-0.4, -0.2) is 49.7 Å². The molecular weight excluding hydrogens is 222 g/mol. The highest BCUT2D eigenvalue weighted by Crippen LogP contribution is 2.19. The molecule has 0 bridgehead atoms. The summed E-state index contributed by atoms with van der Waals surface area (Å²) in [7, 11) is 0. The summed E-state index contributed by atoms with van der Waals surface area (Å²) in [6, 6.07) is 0. The van der Waals surface area contributed by atoms with Gasteiger partial charge in [0.15, 0.2) is 0 Å². The standard InChI is InChI=1S/C15H33N3/c1-14(2,3)6-8-16-9-7-15(4,5)18-12-10-17-11-13-18/h16-17H,6-13H2,1-5H3. The van der Waals surface area contributed by atoms with E-state index >= 15 is 0 Å². The van der Waals surface area contributed by atoms with Gasteiger partial charge in [0.25, 0.3) is 0 Å². The van der Waals surface area contributed by atoms with E-state index in [-0.39, 0.29) is 0 Å². The number of rotatable bonds is 6. The van der Waals surface area contributed by atoms with Gasteiger partial charge in [-0.3, -0.25) is 4.90 Å². The fourth-order valence-corrected chi connectivity index (χ4v) is 2.41. The van der Waals surface area contributed by atoms with Gasteiger partial charge in [-0.2, -0.15) is 0 Å². The summed E-state index contributed by atoms with van der Waals surface area (Å²) in [6.45, 7) is 18.6. The Hall–Kier alpha value is -0.120. The predicted molar refractivity (Wildman–Crippen MR) is 80.1 cm³/mol. The second kappa shape index (κ2) is 6.88. The average molecular weight is 255 g/mol. The summed E-state index contributed by atoms with van der Waals surface area (Å²) in [4.78, 5) is 2.62. The predicted octanol–water partition coefficient (Wildman–Crippen LogP) is 2.09. The zero-order chi connectivity index (χ0) is 13.6. The van der Waals surface area contributed by atoms with Crippen LogP contribution >= 0.6 is 0 Å². The van der Waals surface area contributed by atoms with E-state index in [9.17, 15) is 0 Å². The molecular formula is C15H33N3. The maximum Gasteiger partial charge on any atom is 0.0166 e. The van der Waals surface area contributed by atoms with Crippen LogP contribution in [0.3, 0.4) is 0 Å². The zero-order valence-electron chi connectivity index (χ0n) is 13.1. The van der Waals surface area contributed by atoms with E-state index in [0.29, 0.717) is 11.0 Å². The van der Waals surface area contributed by atoms with E-state index in [2.05, 4.69) is 50.2 Å². The lowest BCUT2D eigenvalue weighted by molar-refractivity contribution is 0.0955. The summed E-state index contributed by atoms with van der Waals surface area (Å²) in [5.41, 5.74) is 0.776. The lowest BCUT2D eigenvalue weighted by Gasteiger charge is -2.41. The van der Waals surface area contributed by atoms with E-state index in [4.69, 9.17) is 0 Å². The van der Waals surface area contributed by atoms with Gasteiger partial charge in [-0.25, -0.2) is 0 Å². The molecule has 3 heteroatoms. The van der Waals surface area contributed by atoms with Crippen molar-refractivity contribution in [2.75, 3.05) is 39.3 Å². The van der Waals surface area contributed by atoms with Gasteiger partial charge in [0.2, 0.25) is 0 Å². The monoisotopic (exact) mass is 255 g/mol. The van der Waals surface area contributed by atoms with Crippen molar-refractivity contribution in [1.29, 1.82) is 0 Å². The fourth-order valence-electron chi connectivity index (χ4n) is 2.41. The summed E-state index contributed by atoms with van der Waals surface area (Å²) < 4.78 is 0. The lowest BCUT2D eigenvalue weighted by Crippen LogP contribution is -2.54. The van der Waals surface area contributed by atoms with Crippen molar-refractivity contribution < 1.29 is 0 Å². The van der Waals surface area contributed by atoms with Gasteiger partial charge in [0, 0.05) is 31.7 Å². The van der Waals surface area contributed by atoms with E-state index < -0.39 is 0 Å². The highest BCUT2D eigenvalue weighted by Gasteiger charge is 2.26. The third-order valence-electron chi connectivity index (χ3n) is 3.94. The molecule has 3 nitrogen and oxygen atoms in total. The molecule has 0 spiro atoms. The van der Waals surface area contributed by atoms with Crippen molar-refractivity contribution in [3.8, 4) is 0 Å². The maximum absolute atomic E-state index is 3.59. The normalized spacial score (nSPS) is 19.2. The summed E-state index contributed by atoms with van der Waals surface area (Å²) in [6.07, 6.45) is 2.48. The Kier molecular flexibility index (Phi) is 6.09. The lowest BCUT2D eigenvalue weighted by atomic mass is 9.92. The quantitative estimate of drug-likeness (QED) is 0.712. The molecule has 0 saturated carbocycles. The van der Waals surface area contributed by atoms with Crippen LogP contribution in [0.15, 0.2) is 0 Å². The summed E-state index contributed by atoms with van der Waals surface area (Å²) in [5.74, 6) is 0. The second-order valence-electron chi connectivity index (χ2n) is 7.36. The molecule has 2 N–H and O–H groups in total. The Morgan fingerprint density at radius 2 is 1.50 bits per heavy atom. The van der Waals surface area contributed by atoms with Crippen LogP contribution in [0.25, 0.3) is 0 Å². The minimum absolute atomic E-state index is 0.330. The van der Waals surface area contributed by atoms with Crippen LogP contribution in [0.4, 0.5) is 0 Å². The van der Waals surface area contributed by atoms with Crippen molar-refractivity contribution in [3.63, 3.8) is 0 Å². The van der Waals surface area contributed by atoms with Crippen LogP contribution in [0.5, 0.6) is 0 Å². The van der Waals surface area contributed by atoms with Crippen molar-refractivity contribution in [2.24, 2.45) is 5.41 Å². The SMILES string of the molecule is CC(C)(C)CCNCCC(C)(C)N1CCNCC1. The molecule has 0 aliphatic carbocycles. The van der Waals surface area contributed by atoms with Gasteiger partial charge in [-0.1, -0.05) is 20.8 Å². The fraction of sp³-hybridized carbons (Fsp3) is 1.00. The first-order valence-corrected chi connectivity index (χ1v) is 7.48. The first-order valence-electron chi connectivity index (χ1n) is 7.48. The highest BCUT2D eigenvalue weighted by molar-refractivity contribution is 4.85. The molecule has 18 heavy (non-hydrogen) atoms. The van der Waals surface area contributed by atoms with Crippen LogP contribution in [0.2, 0.25) is 0 Å². The first-order chi connectivity index (χ1) is 8.31. The first kappa shape index (κ1) is 15.9. The molecule has 0 atom stereocenters. The van der Waals surface area contributed by atoms with Gasteiger partial charge in [0.1, 0.15) is 0 Å². The van der Waals surface area contributed by atoms with Gasteiger partial charge >= 0.3 is 0 Å². The molecule has 1 saturated heterocycles. The molecule has 0 amide bonds. The minimum atomic E-state index is 0.330. The van der Waals surface area contributed by atoms with Crippen molar-refractivity contribution in [1.82, 2.24) is 15.5 Å². The van der Waals surface area contributed by atoms with E-state index in [1.165, 1.54) is 25.9 Å². The highest BCUT2D eigenvalue weighted by atomic mass is 15.2. The molecule has 108 valence electrons. The summed E-state index contributed by atoms with van der Waals surface area (Å²) in [5, 5.41) is 7.02. The molecule has 1 aliphatic rings. The van der Waals surface area contributed by atoms with Gasteiger partial charge in [-0.15, -0.1) is 0 Å². The van der Waals surface area contributed by atoms with Gasteiger partial charge < -0.3 is 10.6 Å². The Morgan fingerprint density at radius 3 is 2.06 bits per heavy atom. The average Bonchev–Trinajstić information content (AvgIpc) is 2.28. The molecule has 1 rings (SSSR count). The van der Waals surface area contributed by atoms with Crippen molar-refractivity contribution in [3.05, 3.63) is 0 Å². The molecule has 0 unspecified atom stereocenters. The third kappa shape index (κ3) is 6.17. The third-order valence-corrected chi connectivity index (χ3v) is 3.94. The van der Waals surface area contributed by atoms with E-state index in [1.54, 1.807) is 0 Å². The van der Waals surface area contributed by atoms with E-state index in [0.717, 1.165) is 26.2 Å². The molecule has 0 aromatic heterocycles. The number of nitrogens with one attached hydrogen (secondary N) is 2. The zero-order valence-corrected chi connectivity index (χ0v) is 13.1. The van der Waals surface area contributed by atoms with Crippen molar-refractivity contribution >= 4 is 0 Å². The number of piperazine rings is 1. The van der Waals surface area contributed by atoms with Crippen LogP contribution in [0, 0.1) is 5.41 Å². The second-order valence-corrected chi connectivity index (χ2v) is 7.36. The van der Waals surface area contributed by atoms with Crippen LogP contribution in [-0.2, 0) is 0 Å². The Balaban J connectivity index is 2.16. The number of nitrogens with zero attached hydrogens (tertiary/aromatic N) is 1. The van der Waals surface area contributed by atoms with E-state index in [1.807, 2.05) is 0 Å². The van der Waals surface area contributed by atoms with Gasteiger partial charge in [-0.05, 0) is 45.2 Å². The molecule has 1 fully saturated rings. The number of hydrogen-bond acceptors (Lipinski definition) is 3. The van der Waals surface area contributed by atoms with Gasteiger partial charge in [0.05, 0.1) is 0 Å². The molecule has 1 aliphatic heterocycles. The Labute approximate surface area is 114 Å². The Bertz CT molecular complexity index is 224. The summed E-state index contributed by atoms with van der Waals surface area (Å²) >= 11 is 0. The van der Waals surface area contributed by atoms with Crippen LogP contribution < -0.4 is 10.6 Å². The van der Waals surface area contributed by atoms with Crippen LogP contribution in [0.1, 0.15) is 47.5 Å². The molecule has 0 aromatic carbocycles. The Morgan fingerprint density at radius 1 is 0.944 bits per heavy atom.